The Bertz CT molecular complexity index is 1550. The van der Waals surface area contributed by atoms with Crippen molar-refractivity contribution < 1.29 is 19.1 Å². The third-order valence-electron chi connectivity index (χ3n) is 8.27. The zero-order chi connectivity index (χ0) is 31.8. The van der Waals surface area contributed by atoms with Crippen LogP contribution in [-0.4, -0.2) is 84.6 Å². The van der Waals surface area contributed by atoms with Crippen LogP contribution in [-0.2, 0) is 14.9 Å². The number of hydrogen-bond acceptors (Lipinski definition) is 7. The first-order chi connectivity index (χ1) is 20.8. The number of piperazine rings is 1. The minimum Gasteiger partial charge on any atom is -0.378 e. The number of anilines is 3. The van der Waals surface area contributed by atoms with Gasteiger partial charge in [-0.05, 0) is 67.6 Å². The maximum Gasteiger partial charge on any atom is 0.324 e. The lowest BCUT2D eigenvalue weighted by atomic mass is 9.93. The third-order valence-corrected chi connectivity index (χ3v) is 9.74. The van der Waals surface area contributed by atoms with Crippen molar-refractivity contribution in [3.63, 3.8) is 0 Å². The number of thiophene rings is 1. The van der Waals surface area contributed by atoms with Crippen molar-refractivity contribution in [2.45, 2.75) is 52.5 Å². The van der Waals surface area contributed by atoms with Gasteiger partial charge in [0.15, 0.2) is 0 Å². The molecule has 0 radical (unpaired) electrons. The Morgan fingerprint density at radius 1 is 1.00 bits per heavy atom. The van der Waals surface area contributed by atoms with Crippen molar-refractivity contribution >= 4 is 45.7 Å². The molecule has 0 saturated carbocycles. The van der Waals surface area contributed by atoms with E-state index in [2.05, 4.69) is 41.3 Å². The summed E-state index contributed by atoms with van der Waals surface area (Å²) in [5.74, 6) is 0.532. The lowest BCUT2D eigenvalue weighted by molar-refractivity contribution is -0.144. The van der Waals surface area contributed by atoms with Crippen molar-refractivity contribution in [3.05, 3.63) is 58.6 Å². The van der Waals surface area contributed by atoms with Gasteiger partial charge >= 0.3 is 6.03 Å². The van der Waals surface area contributed by atoms with Crippen molar-refractivity contribution in [1.82, 2.24) is 14.8 Å². The molecule has 10 nitrogen and oxygen atoms in total. The fourth-order valence-electron chi connectivity index (χ4n) is 5.53. The minimum atomic E-state index is -0.999. The van der Waals surface area contributed by atoms with Gasteiger partial charge in [0.2, 0.25) is 5.91 Å². The summed E-state index contributed by atoms with van der Waals surface area (Å²) in [6.45, 7) is 15.7. The zero-order valence-electron chi connectivity index (χ0n) is 26.6. The molecule has 0 bridgehead atoms. The molecule has 11 heteroatoms. The highest BCUT2D eigenvalue weighted by Gasteiger charge is 2.44. The van der Waals surface area contributed by atoms with E-state index in [1.807, 2.05) is 49.5 Å². The normalized spacial score (nSPS) is 17.1. The Balaban J connectivity index is 1.35. The van der Waals surface area contributed by atoms with E-state index in [4.69, 9.17) is 4.74 Å². The van der Waals surface area contributed by atoms with E-state index < -0.39 is 11.6 Å². The van der Waals surface area contributed by atoms with E-state index >= 15 is 0 Å². The first-order valence-electron chi connectivity index (χ1n) is 15.0. The summed E-state index contributed by atoms with van der Waals surface area (Å²) in [4.78, 5) is 51.3. The SMILES string of the molecule is Cc1ccc(NC(=O)Nc2sc(C(C)(C)C)cc2C(=O)N2CCN(C)C(=O)C2(C)C)cc1-c1ccc(N2CCOCC2)nc1. The standard InChI is InChI=1S/C33H42N6O4S/c1-21-8-10-23(18-24(21)22-9-11-27(34-20-22)38-14-16-43-17-15-38)35-31(42)36-28-25(19-26(44-28)32(2,3)4)29(40)39-13-12-37(7)30(41)33(39,5)6/h8-11,18-20H,12-17H2,1-7H3,(H2,35,36,42). The minimum absolute atomic E-state index is 0.114. The number of aromatic nitrogens is 1. The van der Waals surface area contributed by atoms with Crippen LogP contribution in [0.25, 0.3) is 11.1 Å². The van der Waals surface area contributed by atoms with Crippen LogP contribution in [0.4, 0.5) is 21.3 Å². The number of benzene rings is 1. The molecule has 0 atom stereocenters. The predicted octanol–water partition coefficient (Wildman–Crippen LogP) is 5.59. The molecule has 0 unspecified atom stereocenters. The van der Waals surface area contributed by atoms with E-state index in [0.29, 0.717) is 42.6 Å². The maximum atomic E-state index is 13.9. The van der Waals surface area contributed by atoms with Crippen LogP contribution in [0.3, 0.4) is 0 Å². The summed E-state index contributed by atoms with van der Waals surface area (Å²) in [5, 5.41) is 6.33. The van der Waals surface area contributed by atoms with Crippen molar-refractivity contribution in [1.29, 1.82) is 0 Å². The van der Waals surface area contributed by atoms with Gasteiger partial charge in [-0.15, -0.1) is 11.3 Å². The van der Waals surface area contributed by atoms with Gasteiger partial charge < -0.3 is 24.8 Å². The molecular formula is C33H42N6O4S. The topological polar surface area (TPSA) is 107 Å². The largest absolute Gasteiger partial charge is 0.378 e. The lowest BCUT2D eigenvalue weighted by Crippen LogP contribution is -2.63. The molecule has 2 aliphatic heterocycles. The molecule has 2 fully saturated rings. The number of pyridine rings is 1. The number of aryl methyl sites for hydroxylation is 1. The van der Waals surface area contributed by atoms with Gasteiger partial charge in [0, 0.05) is 55.6 Å². The average molecular weight is 619 g/mol. The Morgan fingerprint density at radius 2 is 1.73 bits per heavy atom. The summed E-state index contributed by atoms with van der Waals surface area (Å²) in [7, 11) is 1.75. The first-order valence-corrected chi connectivity index (χ1v) is 15.8. The quantitative estimate of drug-likeness (QED) is 0.386. The Kier molecular flexibility index (Phi) is 8.73. The number of likely N-dealkylation sites (N-methyl/N-ethyl adjacent to an activating group) is 1. The van der Waals surface area contributed by atoms with Crippen molar-refractivity contribution in [2.75, 3.05) is 62.0 Å². The van der Waals surface area contributed by atoms with Crippen LogP contribution < -0.4 is 15.5 Å². The van der Waals surface area contributed by atoms with Gasteiger partial charge in [-0.25, -0.2) is 9.78 Å². The Morgan fingerprint density at radius 3 is 2.39 bits per heavy atom. The highest BCUT2D eigenvalue weighted by Crippen LogP contribution is 2.38. The molecule has 5 rings (SSSR count). The third kappa shape index (κ3) is 6.44. The Labute approximate surface area is 263 Å². The number of hydrogen-bond donors (Lipinski definition) is 2. The predicted molar refractivity (Wildman–Crippen MR) is 176 cm³/mol. The zero-order valence-corrected chi connectivity index (χ0v) is 27.4. The van der Waals surface area contributed by atoms with Crippen LogP contribution in [0, 0.1) is 6.92 Å². The van der Waals surface area contributed by atoms with Crippen LogP contribution >= 0.6 is 11.3 Å². The molecular weight excluding hydrogens is 576 g/mol. The van der Waals surface area contributed by atoms with Crippen LogP contribution in [0.2, 0.25) is 0 Å². The summed E-state index contributed by atoms with van der Waals surface area (Å²) >= 11 is 1.38. The molecule has 0 spiro atoms. The second-order valence-corrected chi connectivity index (χ2v) is 14.0. The van der Waals surface area contributed by atoms with Crippen LogP contribution in [0.1, 0.15) is 55.4 Å². The van der Waals surface area contributed by atoms with Gasteiger partial charge in [0.05, 0.1) is 18.8 Å². The molecule has 4 heterocycles. The van der Waals surface area contributed by atoms with E-state index in [0.717, 1.165) is 40.5 Å². The highest BCUT2D eigenvalue weighted by molar-refractivity contribution is 7.16. The molecule has 44 heavy (non-hydrogen) atoms. The van der Waals surface area contributed by atoms with Gasteiger partial charge in [-0.3, -0.25) is 14.9 Å². The fourth-order valence-corrected chi connectivity index (χ4v) is 6.63. The number of amides is 4. The number of morpholine rings is 1. The monoisotopic (exact) mass is 618 g/mol. The molecule has 3 aromatic rings. The smallest absolute Gasteiger partial charge is 0.324 e. The molecule has 0 aliphatic carbocycles. The van der Waals surface area contributed by atoms with E-state index in [-0.39, 0.29) is 17.2 Å². The second-order valence-electron chi connectivity index (χ2n) is 13.0. The van der Waals surface area contributed by atoms with Crippen molar-refractivity contribution in [3.8, 4) is 11.1 Å². The molecule has 2 aromatic heterocycles. The molecule has 4 amide bonds. The van der Waals surface area contributed by atoms with Gasteiger partial charge in [-0.1, -0.05) is 26.8 Å². The maximum absolute atomic E-state index is 13.9. The van der Waals surface area contributed by atoms with Gasteiger partial charge in [0.1, 0.15) is 16.4 Å². The van der Waals surface area contributed by atoms with Crippen LogP contribution in [0.15, 0.2) is 42.6 Å². The summed E-state index contributed by atoms with van der Waals surface area (Å²) in [6.07, 6.45) is 1.86. The van der Waals surface area contributed by atoms with Crippen LogP contribution in [0.5, 0.6) is 0 Å². The molecule has 2 aliphatic rings. The summed E-state index contributed by atoms with van der Waals surface area (Å²) in [5.41, 5.74) is 2.74. The van der Waals surface area contributed by atoms with Gasteiger partial charge in [-0.2, -0.15) is 0 Å². The first kappa shape index (κ1) is 31.5. The highest BCUT2D eigenvalue weighted by atomic mass is 32.1. The second kappa shape index (κ2) is 12.2. The fraction of sp³-hybridized carbons (Fsp3) is 0.455. The van der Waals surface area contributed by atoms with E-state index in [1.165, 1.54) is 11.3 Å². The number of nitrogens with zero attached hydrogens (tertiary/aromatic N) is 4. The number of rotatable bonds is 5. The molecule has 1 aromatic carbocycles. The molecule has 2 N–H and O–H groups in total. The number of nitrogens with one attached hydrogen (secondary N) is 2. The van der Waals surface area contributed by atoms with E-state index in [1.54, 1.807) is 30.7 Å². The lowest BCUT2D eigenvalue weighted by Gasteiger charge is -2.44. The average Bonchev–Trinajstić information content (AvgIpc) is 3.41. The Hall–Kier alpha value is -3.96. The van der Waals surface area contributed by atoms with E-state index in [9.17, 15) is 14.4 Å². The molecule has 2 saturated heterocycles. The summed E-state index contributed by atoms with van der Waals surface area (Å²) < 4.78 is 5.45. The van der Waals surface area contributed by atoms with Crippen molar-refractivity contribution in [2.24, 2.45) is 0 Å². The number of urea groups is 1. The number of carbonyl (C=O) groups is 3. The summed E-state index contributed by atoms with van der Waals surface area (Å²) in [6, 6.07) is 11.2. The van der Waals surface area contributed by atoms with Gasteiger partial charge in [0.25, 0.3) is 5.91 Å². The number of ether oxygens (including phenoxy) is 1. The molecule has 234 valence electrons. The number of carbonyl (C=O) groups excluding carboxylic acids is 3.